The number of unbranched alkanes of at least 4 members (excludes halogenated alkanes) is 1. The number of carbonyl (C=O) groups is 1. The number of amides is 1. The molecular formula is C17H27N3O3S. The Hall–Kier alpha value is -1.47. The van der Waals surface area contributed by atoms with Gasteiger partial charge in [0, 0.05) is 43.6 Å². The number of aromatic nitrogens is 1. The fraction of sp³-hybridized carbons (Fsp3) is 0.647. The summed E-state index contributed by atoms with van der Waals surface area (Å²) in [5, 5.41) is 0. The molecule has 1 saturated heterocycles. The lowest BCUT2D eigenvalue weighted by atomic mass is 9.96. The van der Waals surface area contributed by atoms with Crippen LogP contribution in [0.3, 0.4) is 0 Å². The van der Waals surface area contributed by atoms with Gasteiger partial charge in [0.15, 0.2) is 0 Å². The molecule has 2 heterocycles. The highest BCUT2D eigenvalue weighted by Crippen LogP contribution is 2.24. The highest BCUT2D eigenvalue weighted by molar-refractivity contribution is 7.89. The van der Waals surface area contributed by atoms with Crippen LogP contribution < -0.4 is 4.90 Å². The molecule has 0 spiro atoms. The lowest BCUT2D eigenvalue weighted by molar-refractivity contribution is -0.123. The van der Waals surface area contributed by atoms with Gasteiger partial charge in [0.1, 0.15) is 0 Å². The van der Waals surface area contributed by atoms with Gasteiger partial charge in [-0.3, -0.25) is 9.78 Å². The van der Waals surface area contributed by atoms with Gasteiger partial charge in [0.2, 0.25) is 15.9 Å². The molecule has 1 aromatic rings. The highest BCUT2D eigenvalue weighted by Gasteiger charge is 2.32. The predicted molar refractivity (Wildman–Crippen MR) is 95.3 cm³/mol. The Morgan fingerprint density at radius 1 is 1.25 bits per heavy atom. The van der Waals surface area contributed by atoms with Crippen molar-refractivity contribution in [2.24, 2.45) is 5.92 Å². The van der Waals surface area contributed by atoms with Crippen LogP contribution in [0.1, 0.15) is 39.5 Å². The second kappa shape index (κ2) is 8.58. The van der Waals surface area contributed by atoms with Gasteiger partial charge < -0.3 is 4.90 Å². The molecule has 0 bridgehead atoms. The predicted octanol–water partition coefficient (Wildman–Crippen LogP) is 2.28. The van der Waals surface area contributed by atoms with Crippen molar-refractivity contribution in [3.8, 4) is 0 Å². The maximum atomic E-state index is 12.8. The smallest absolute Gasteiger partial charge is 0.230 e. The van der Waals surface area contributed by atoms with Crippen LogP contribution in [-0.4, -0.2) is 49.0 Å². The van der Waals surface area contributed by atoms with Crippen molar-refractivity contribution in [1.29, 1.82) is 0 Å². The summed E-state index contributed by atoms with van der Waals surface area (Å²) in [6.45, 7) is 5.41. The van der Waals surface area contributed by atoms with Gasteiger partial charge in [-0.25, -0.2) is 12.7 Å². The summed E-state index contributed by atoms with van der Waals surface area (Å²) in [5.41, 5.74) is 0.843. The van der Waals surface area contributed by atoms with E-state index in [4.69, 9.17) is 0 Å². The number of nitrogens with zero attached hydrogens (tertiary/aromatic N) is 3. The molecule has 24 heavy (non-hydrogen) atoms. The van der Waals surface area contributed by atoms with Crippen molar-refractivity contribution in [2.45, 2.75) is 39.5 Å². The molecule has 0 aliphatic carbocycles. The van der Waals surface area contributed by atoms with Gasteiger partial charge in [0.25, 0.3) is 0 Å². The Labute approximate surface area is 144 Å². The molecule has 0 saturated carbocycles. The number of hydrogen-bond acceptors (Lipinski definition) is 4. The lowest BCUT2D eigenvalue weighted by Crippen LogP contribution is -2.45. The second-order valence-corrected chi connectivity index (χ2v) is 8.22. The van der Waals surface area contributed by atoms with Crippen LogP contribution in [0.25, 0.3) is 0 Å². The molecule has 1 aliphatic rings. The van der Waals surface area contributed by atoms with Crippen molar-refractivity contribution >= 4 is 21.6 Å². The molecule has 7 heteroatoms. The van der Waals surface area contributed by atoms with Gasteiger partial charge in [-0.05, 0) is 38.3 Å². The van der Waals surface area contributed by atoms with E-state index in [0.717, 1.165) is 12.1 Å². The van der Waals surface area contributed by atoms with Gasteiger partial charge in [-0.15, -0.1) is 0 Å². The number of hydrogen-bond donors (Lipinski definition) is 0. The largest absolute Gasteiger partial charge is 0.312 e. The molecule has 134 valence electrons. The molecule has 0 radical (unpaired) electrons. The number of pyridine rings is 1. The second-order valence-electron chi connectivity index (χ2n) is 6.13. The van der Waals surface area contributed by atoms with E-state index in [-0.39, 0.29) is 17.6 Å². The maximum Gasteiger partial charge on any atom is 0.230 e. The molecule has 6 nitrogen and oxygen atoms in total. The SMILES string of the molecule is CCCCS(=O)(=O)N1CCC(C(=O)N(CC)c2ccncc2)CC1. The van der Waals surface area contributed by atoms with E-state index >= 15 is 0 Å². The first kappa shape index (κ1) is 18.9. The summed E-state index contributed by atoms with van der Waals surface area (Å²) < 4.78 is 26.1. The summed E-state index contributed by atoms with van der Waals surface area (Å²) >= 11 is 0. The first-order valence-electron chi connectivity index (χ1n) is 8.68. The normalized spacial score (nSPS) is 16.9. The lowest BCUT2D eigenvalue weighted by Gasteiger charge is -2.33. The minimum Gasteiger partial charge on any atom is -0.312 e. The van der Waals surface area contributed by atoms with Gasteiger partial charge in [0.05, 0.1) is 5.75 Å². The molecule has 2 rings (SSSR count). The maximum absolute atomic E-state index is 12.8. The zero-order valence-corrected chi connectivity index (χ0v) is 15.3. The zero-order chi connectivity index (χ0) is 17.6. The zero-order valence-electron chi connectivity index (χ0n) is 14.5. The Morgan fingerprint density at radius 2 is 1.88 bits per heavy atom. The topological polar surface area (TPSA) is 70.6 Å². The molecular weight excluding hydrogens is 326 g/mol. The van der Waals surface area contributed by atoms with Crippen LogP contribution in [0.2, 0.25) is 0 Å². The average molecular weight is 353 g/mol. The third kappa shape index (κ3) is 4.54. The van der Waals surface area contributed by atoms with Gasteiger partial charge in [-0.2, -0.15) is 0 Å². The quantitative estimate of drug-likeness (QED) is 0.754. The summed E-state index contributed by atoms with van der Waals surface area (Å²) in [6.07, 6.45) is 6.08. The van der Waals surface area contributed by atoms with E-state index < -0.39 is 10.0 Å². The van der Waals surface area contributed by atoms with E-state index in [1.807, 2.05) is 26.0 Å². The first-order valence-corrected chi connectivity index (χ1v) is 10.3. The summed E-state index contributed by atoms with van der Waals surface area (Å²) in [4.78, 5) is 18.5. The van der Waals surface area contributed by atoms with E-state index in [0.29, 0.717) is 38.9 Å². The Balaban J connectivity index is 1.97. The van der Waals surface area contributed by atoms with E-state index in [1.165, 1.54) is 0 Å². The Morgan fingerprint density at radius 3 is 2.42 bits per heavy atom. The number of anilines is 1. The van der Waals surface area contributed by atoms with Gasteiger partial charge >= 0.3 is 0 Å². The molecule has 1 aliphatic heterocycles. The van der Waals surface area contributed by atoms with E-state index in [2.05, 4.69) is 4.98 Å². The fourth-order valence-electron chi connectivity index (χ4n) is 3.05. The van der Waals surface area contributed by atoms with Crippen molar-refractivity contribution in [2.75, 3.05) is 30.3 Å². The number of piperidine rings is 1. The van der Waals surface area contributed by atoms with E-state index in [9.17, 15) is 13.2 Å². The number of carbonyl (C=O) groups excluding carboxylic acids is 1. The summed E-state index contributed by atoms with van der Waals surface area (Å²) in [6, 6.07) is 3.65. The van der Waals surface area contributed by atoms with Crippen molar-refractivity contribution < 1.29 is 13.2 Å². The van der Waals surface area contributed by atoms with Gasteiger partial charge in [-0.1, -0.05) is 13.3 Å². The third-order valence-electron chi connectivity index (χ3n) is 4.51. The van der Waals surface area contributed by atoms with E-state index in [1.54, 1.807) is 21.6 Å². The van der Waals surface area contributed by atoms with Crippen LogP contribution in [-0.2, 0) is 14.8 Å². The molecule has 0 aromatic carbocycles. The monoisotopic (exact) mass is 353 g/mol. The van der Waals surface area contributed by atoms with Crippen LogP contribution >= 0.6 is 0 Å². The van der Waals surface area contributed by atoms with Crippen LogP contribution in [0.5, 0.6) is 0 Å². The number of sulfonamides is 1. The van der Waals surface area contributed by atoms with Crippen LogP contribution in [0, 0.1) is 5.92 Å². The standard InChI is InChI=1S/C17H27N3O3S/c1-3-5-14-24(22,23)19-12-8-15(9-13-19)17(21)20(4-2)16-6-10-18-11-7-16/h6-7,10-11,15H,3-5,8-9,12-14H2,1-2H3. The molecule has 1 fully saturated rings. The van der Waals surface area contributed by atoms with Crippen molar-refractivity contribution in [3.05, 3.63) is 24.5 Å². The minimum absolute atomic E-state index is 0.0781. The van der Waals surface area contributed by atoms with Crippen molar-refractivity contribution in [1.82, 2.24) is 9.29 Å². The fourth-order valence-corrected chi connectivity index (χ4v) is 4.73. The third-order valence-corrected chi connectivity index (χ3v) is 6.47. The van der Waals surface area contributed by atoms with Crippen molar-refractivity contribution in [3.63, 3.8) is 0 Å². The molecule has 0 unspecified atom stereocenters. The molecule has 0 atom stereocenters. The highest BCUT2D eigenvalue weighted by atomic mass is 32.2. The average Bonchev–Trinajstić information content (AvgIpc) is 2.61. The minimum atomic E-state index is -3.17. The summed E-state index contributed by atoms with van der Waals surface area (Å²) in [7, 11) is -3.17. The Bertz CT molecular complexity index is 626. The molecule has 1 aromatic heterocycles. The summed E-state index contributed by atoms with van der Waals surface area (Å²) in [5.74, 6) is 0.172. The van der Waals surface area contributed by atoms with Crippen LogP contribution in [0.15, 0.2) is 24.5 Å². The first-order chi connectivity index (χ1) is 11.5. The van der Waals surface area contributed by atoms with Crippen LogP contribution in [0.4, 0.5) is 5.69 Å². The number of rotatable bonds is 7. The molecule has 0 N–H and O–H groups in total. The molecule has 1 amide bonds. The Kier molecular flexibility index (Phi) is 6.74.